The molecule has 8 heteroatoms. The van der Waals surface area contributed by atoms with Crippen LogP contribution in [0.15, 0.2) is 64.4 Å². The fraction of sp³-hybridized carbons (Fsp3) is 0.364. The fourth-order valence-electron chi connectivity index (χ4n) is 3.68. The molecule has 0 aromatic carbocycles. The highest BCUT2D eigenvalue weighted by Crippen LogP contribution is 2.13. The highest BCUT2D eigenvalue weighted by Gasteiger charge is 2.18. The van der Waals surface area contributed by atoms with Crippen LogP contribution in [0.1, 0.15) is 5.69 Å². The molecule has 30 heavy (non-hydrogen) atoms. The van der Waals surface area contributed by atoms with E-state index in [1.807, 2.05) is 31.3 Å². The molecule has 3 aromatic rings. The Morgan fingerprint density at radius 1 is 0.867 bits per heavy atom. The monoisotopic (exact) mass is 406 g/mol. The Morgan fingerprint density at radius 2 is 1.67 bits per heavy atom. The topological polar surface area (TPSA) is 76.3 Å². The van der Waals surface area contributed by atoms with Gasteiger partial charge in [-0.2, -0.15) is 5.10 Å². The smallest absolute Gasteiger partial charge is 0.266 e. The molecule has 0 radical (unpaired) electrons. The van der Waals surface area contributed by atoms with Gasteiger partial charge in [-0.1, -0.05) is 6.07 Å². The van der Waals surface area contributed by atoms with E-state index in [2.05, 4.69) is 19.9 Å². The third kappa shape index (κ3) is 4.72. The lowest BCUT2D eigenvalue weighted by molar-refractivity contribution is 0.120. The summed E-state index contributed by atoms with van der Waals surface area (Å²) in [7, 11) is 1.82. The summed E-state index contributed by atoms with van der Waals surface area (Å²) < 4.78 is 3.24. The third-order valence-corrected chi connectivity index (χ3v) is 5.59. The van der Waals surface area contributed by atoms with Crippen LogP contribution in [0.25, 0.3) is 11.3 Å². The number of aromatic nitrogens is 4. The lowest BCUT2D eigenvalue weighted by Gasteiger charge is -2.34. The Labute approximate surface area is 175 Å². The van der Waals surface area contributed by atoms with Crippen LogP contribution >= 0.6 is 0 Å². The second-order valence-corrected chi connectivity index (χ2v) is 7.55. The minimum absolute atomic E-state index is 0.0255. The van der Waals surface area contributed by atoms with Crippen LogP contribution in [-0.2, 0) is 20.1 Å². The Morgan fingerprint density at radius 3 is 2.43 bits per heavy atom. The van der Waals surface area contributed by atoms with Gasteiger partial charge in [-0.15, -0.1) is 0 Å². The van der Waals surface area contributed by atoms with E-state index < -0.39 is 0 Å². The molecule has 0 N–H and O–H groups in total. The Kier molecular flexibility index (Phi) is 6.15. The van der Waals surface area contributed by atoms with E-state index >= 15 is 0 Å². The molecule has 0 unspecified atom stereocenters. The van der Waals surface area contributed by atoms with Crippen molar-refractivity contribution in [3.05, 3.63) is 81.3 Å². The van der Waals surface area contributed by atoms with Crippen LogP contribution < -0.4 is 11.1 Å². The summed E-state index contributed by atoms with van der Waals surface area (Å²) in [4.78, 5) is 32.8. The van der Waals surface area contributed by atoms with Crippen LogP contribution in [0.3, 0.4) is 0 Å². The van der Waals surface area contributed by atoms with Crippen molar-refractivity contribution in [2.75, 3.05) is 32.7 Å². The summed E-state index contributed by atoms with van der Waals surface area (Å²) in [6.45, 7) is 5.83. The fourth-order valence-corrected chi connectivity index (χ4v) is 3.68. The largest absolute Gasteiger partial charge is 0.314 e. The van der Waals surface area contributed by atoms with Gasteiger partial charge < -0.3 is 4.57 Å². The zero-order valence-electron chi connectivity index (χ0n) is 17.1. The van der Waals surface area contributed by atoms with E-state index in [0.29, 0.717) is 6.54 Å². The molecule has 1 aliphatic rings. The first-order valence-corrected chi connectivity index (χ1v) is 10.2. The molecular weight excluding hydrogens is 380 g/mol. The maximum atomic E-state index is 12.2. The normalized spacial score (nSPS) is 15.4. The molecule has 4 rings (SSSR count). The van der Waals surface area contributed by atoms with Gasteiger partial charge in [0.25, 0.3) is 5.56 Å². The van der Waals surface area contributed by atoms with Crippen molar-refractivity contribution in [3.63, 3.8) is 0 Å². The van der Waals surface area contributed by atoms with Crippen LogP contribution in [0.4, 0.5) is 0 Å². The van der Waals surface area contributed by atoms with Gasteiger partial charge in [0, 0.05) is 82.1 Å². The number of nitrogens with zero attached hydrogens (tertiary/aromatic N) is 6. The number of rotatable bonds is 6. The highest BCUT2D eigenvalue weighted by molar-refractivity contribution is 5.56. The van der Waals surface area contributed by atoms with Gasteiger partial charge >= 0.3 is 0 Å². The average molecular weight is 406 g/mol. The van der Waals surface area contributed by atoms with Crippen molar-refractivity contribution in [3.8, 4) is 11.3 Å². The van der Waals surface area contributed by atoms with E-state index in [4.69, 9.17) is 0 Å². The Hall–Kier alpha value is -3.10. The minimum atomic E-state index is -0.0914. The van der Waals surface area contributed by atoms with Crippen molar-refractivity contribution < 1.29 is 0 Å². The average Bonchev–Trinajstić information content (AvgIpc) is 2.78. The third-order valence-electron chi connectivity index (χ3n) is 5.59. The molecule has 1 fully saturated rings. The van der Waals surface area contributed by atoms with Gasteiger partial charge in [0.15, 0.2) is 0 Å². The van der Waals surface area contributed by atoms with E-state index in [-0.39, 0.29) is 11.1 Å². The summed E-state index contributed by atoms with van der Waals surface area (Å²) in [6.07, 6.45) is 3.47. The molecule has 0 aliphatic carbocycles. The lowest BCUT2D eigenvalue weighted by atomic mass is 10.2. The molecule has 1 aliphatic heterocycles. The molecule has 1 saturated heterocycles. The van der Waals surface area contributed by atoms with Gasteiger partial charge in [-0.05, 0) is 24.3 Å². The van der Waals surface area contributed by atoms with Crippen molar-refractivity contribution in [2.45, 2.75) is 13.1 Å². The first-order valence-electron chi connectivity index (χ1n) is 10.2. The molecule has 0 bridgehead atoms. The summed E-state index contributed by atoms with van der Waals surface area (Å²) in [5.74, 6) is 0. The molecule has 0 saturated carbocycles. The molecule has 0 amide bonds. The maximum absolute atomic E-state index is 12.2. The highest BCUT2D eigenvalue weighted by atomic mass is 16.1. The van der Waals surface area contributed by atoms with Crippen LogP contribution in [0, 0.1) is 0 Å². The number of piperazine rings is 1. The standard InChI is InChI=1S/C22H26N6O2/c1-25-19(5-2-6-21(25)29)17-27-12-10-26(11-13-27)14-15-28-22(30)8-7-20(24-28)18-4-3-9-23-16-18/h2-9,16H,10-15,17H2,1H3. The van der Waals surface area contributed by atoms with Crippen molar-refractivity contribution in [1.29, 1.82) is 0 Å². The van der Waals surface area contributed by atoms with E-state index in [1.165, 1.54) is 4.68 Å². The quantitative estimate of drug-likeness (QED) is 0.603. The van der Waals surface area contributed by atoms with E-state index in [1.54, 1.807) is 35.2 Å². The van der Waals surface area contributed by atoms with Gasteiger partial charge in [0.2, 0.25) is 5.56 Å². The minimum Gasteiger partial charge on any atom is -0.314 e. The SMILES string of the molecule is Cn1c(CN2CCN(CCn3nc(-c4cccnc4)ccc3=O)CC2)cccc1=O. The summed E-state index contributed by atoms with van der Waals surface area (Å²) in [6, 6.07) is 12.5. The maximum Gasteiger partial charge on any atom is 0.266 e. The van der Waals surface area contributed by atoms with Crippen LogP contribution in [0.5, 0.6) is 0 Å². The van der Waals surface area contributed by atoms with E-state index in [9.17, 15) is 9.59 Å². The Balaban J connectivity index is 1.32. The van der Waals surface area contributed by atoms with Gasteiger partial charge in [-0.25, -0.2) is 4.68 Å². The van der Waals surface area contributed by atoms with Crippen molar-refractivity contribution in [2.24, 2.45) is 7.05 Å². The zero-order chi connectivity index (χ0) is 20.9. The van der Waals surface area contributed by atoms with Crippen LogP contribution in [0.2, 0.25) is 0 Å². The summed E-state index contributed by atoms with van der Waals surface area (Å²) >= 11 is 0. The molecule has 4 heterocycles. The second kappa shape index (κ2) is 9.15. The van der Waals surface area contributed by atoms with Crippen molar-refractivity contribution >= 4 is 0 Å². The molecule has 0 atom stereocenters. The van der Waals surface area contributed by atoms with Crippen molar-refractivity contribution in [1.82, 2.24) is 29.1 Å². The predicted molar refractivity (Wildman–Crippen MR) is 115 cm³/mol. The molecular formula is C22H26N6O2. The Bertz CT molecular complexity index is 1100. The first-order chi connectivity index (χ1) is 14.6. The number of hydrogen-bond donors (Lipinski definition) is 0. The summed E-state index contributed by atoms with van der Waals surface area (Å²) in [5, 5.41) is 4.51. The predicted octanol–water partition coefficient (Wildman–Crippen LogP) is 0.822. The van der Waals surface area contributed by atoms with Crippen LogP contribution in [-0.4, -0.2) is 61.9 Å². The van der Waals surface area contributed by atoms with E-state index in [0.717, 1.165) is 56.2 Å². The van der Waals surface area contributed by atoms with Gasteiger partial charge in [-0.3, -0.25) is 24.4 Å². The van der Waals surface area contributed by atoms with Gasteiger partial charge in [0.1, 0.15) is 0 Å². The first kappa shape index (κ1) is 20.2. The molecule has 3 aromatic heterocycles. The number of pyridine rings is 2. The number of hydrogen-bond acceptors (Lipinski definition) is 6. The lowest BCUT2D eigenvalue weighted by Crippen LogP contribution is -2.47. The molecule has 0 spiro atoms. The zero-order valence-corrected chi connectivity index (χ0v) is 17.1. The second-order valence-electron chi connectivity index (χ2n) is 7.55. The molecule has 156 valence electrons. The van der Waals surface area contributed by atoms with Gasteiger partial charge in [0.05, 0.1) is 12.2 Å². The molecule has 8 nitrogen and oxygen atoms in total. The summed E-state index contributed by atoms with van der Waals surface area (Å²) in [5.41, 5.74) is 2.61.